The molecule has 0 aromatic heterocycles. The molecule has 84 valence electrons. The van der Waals surface area contributed by atoms with Crippen molar-refractivity contribution in [1.29, 1.82) is 5.26 Å². The predicted octanol–water partition coefficient (Wildman–Crippen LogP) is 1.34. The average Bonchev–Trinajstić information content (AvgIpc) is 2.83. The van der Waals surface area contributed by atoms with Gasteiger partial charge in [0.1, 0.15) is 0 Å². The molecule has 1 aliphatic rings. The third-order valence-corrected chi connectivity index (χ3v) is 4.56. The maximum atomic E-state index is 12.1. The smallest absolute Gasteiger partial charge is 0.207 e. The van der Waals surface area contributed by atoms with E-state index in [9.17, 15) is 8.42 Å². The van der Waals surface area contributed by atoms with Crippen LogP contribution in [0.15, 0.2) is 29.2 Å². The Morgan fingerprint density at radius 2 is 1.94 bits per heavy atom. The second-order valence-corrected chi connectivity index (χ2v) is 5.69. The van der Waals surface area contributed by atoms with Gasteiger partial charge in [-0.15, -0.1) is 0 Å². The van der Waals surface area contributed by atoms with Gasteiger partial charge in [0.2, 0.25) is 10.0 Å². The highest BCUT2D eigenvalue weighted by molar-refractivity contribution is 7.89. The average molecular weight is 236 g/mol. The van der Waals surface area contributed by atoms with E-state index in [1.807, 2.05) is 6.07 Å². The van der Waals surface area contributed by atoms with Crippen LogP contribution in [0.25, 0.3) is 0 Å². The monoisotopic (exact) mass is 236 g/mol. The maximum Gasteiger partial charge on any atom is 0.243 e. The van der Waals surface area contributed by atoms with Crippen molar-refractivity contribution < 1.29 is 8.42 Å². The van der Waals surface area contributed by atoms with Crippen molar-refractivity contribution in [2.45, 2.75) is 17.7 Å². The zero-order valence-electron chi connectivity index (χ0n) is 8.76. The first-order valence-electron chi connectivity index (χ1n) is 5.15. The van der Waals surface area contributed by atoms with Crippen LogP contribution in [0.5, 0.6) is 0 Å². The van der Waals surface area contributed by atoms with Crippen molar-refractivity contribution in [2.24, 2.45) is 0 Å². The topological polar surface area (TPSA) is 61.2 Å². The first kappa shape index (κ1) is 11.1. The molecule has 2 rings (SSSR count). The van der Waals surface area contributed by atoms with Crippen LogP contribution in [-0.2, 0) is 10.0 Å². The molecule has 0 radical (unpaired) electrons. The molecule has 0 N–H and O–H groups in total. The second-order valence-electron chi connectivity index (χ2n) is 3.75. The van der Waals surface area contributed by atoms with Gasteiger partial charge in [-0.2, -0.15) is 9.57 Å². The Morgan fingerprint density at radius 1 is 1.25 bits per heavy atom. The van der Waals surface area contributed by atoms with Gasteiger partial charge >= 0.3 is 0 Å². The molecule has 0 bridgehead atoms. The predicted molar refractivity (Wildman–Crippen MR) is 59.1 cm³/mol. The highest BCUT2D eigenvalue weighted by Gasteiger charge is 2.27. The number of rotatable bonds is 2. The lowest BCUT2D eigenvalue weighted by Gasteiger charge is -2.15. The van der Waals surface area contributed by atoms with Crippen molar-refractivity contribution in [2.75, 3.05) is 13.1 Å². The van der Waals surface area contributed by atoms with E-state index in [1.165, 1.54) is 16.4 Å². The van der Waals surface area contributed by atoms with Gasteiger partial charge in [0.25, 0.3) is 0 Å². The fourth-order valence-electron chi connectivity index (χ4n) is 1.80. The van der Waals surface area contributed by atoms with Gasteiger partial charge in [-0.1, -0.05) is 6.07 Å². The molecule has 0 atom stereocenters. The van der Waals surface area contributed by atoms with Crippen LogP contribution in [0.4, 0.5) is 0 Å². The molecule has 1 aromatic rings. The first-order chi connectivity index (χ1) is 7.64. The maximum absolute atomic E-state index is 12.1. The highest BCUT2D eigenvalue weighted by Crippen LogP contribution is 2.21. The molecule has 1 fully saturated rings. The molecule has 16 heavy (non-hydrogen) atoms. The summed E-state index contributed by atoms with van der Waals surface area (Å²) >= 11 is 0. The fraction of sp³-hybridized carbons (Fsp3) is 0.364. The zero-order valence-corrected chi connectivity index (χ0v) is 9.57. The van der Waals surface area contributed by atoms with Crippen LogP contribution in [0.3, 0.4) is 0 Å². The molecule has 4 nitrogen and oxygen atoms in total. The van der Waals surface area contributed by atoms with Gasteiger partial charge in [0.15, 0.2) is 0 Å². The van der Waals surface area contributed by atoms with Crippen molar-refractivity contribution in [1.82, 2.24) is 4.31 Å². The van der Waals surface area contributed by atoms with Crippen molar-refractivity contribution >= 4 is 10.0 Å². The summed E-state index contributed by atoms with van der Waals surface area (Å²) in [5, 5.41) is 8.73. The molecule has 1 aromatic carbocycles. The Kier molecular flexibility index (Phi) is 2.95. The number of hydrogen-bond acceptors (Lipinski definition) is 3. The molecule has 0 spiro atoms. The van der Waals surface area contributed by atoms with Crippen LogP contribution in [0.1, 0.15) is 18.4 Å². The lowest BCUT2D eigenvalue weighted by Crippen LogP contribution is -2.27. The van der Waals surface area contributed by atoms with Gasteiger partial charge in [0.05, 0.1) is 16.5 Å². The molecule has 0 amide bonds. The van der Waals surface area contributed by atoms with E-state index in [2.05, 4.69) is 0 Å². The quantitative estimate of drug-likeness (QED) is 0.778. The zero-order chi connectivity index (χ0) is 11.6. The van der Waals surface area contributed by atoms with E-state index in [0.29, 0.717) is 18.7 Å². The van der Waals surface area contributed by atoms with Gasteiger partial charge in [-0.3, -0.25) is 0 Å². The van der Waals surface area contributed by atoms with Crippen molar-refractivity contribution in [3.63, 3.8) is 0 Å². The fourth-order valence-corrected chi connectivity index (χ4v) is 3.37. The summed E-state index contributed by atoms with van der Waals surface area (Å²) in [4.78, 5) is 0.216. The first-order valence-corrected chi connectivity index (χ1v) is 6.59. The number of nitriles is 1. The van der Waals surface area contributed by atoms with Gasteiger partial charge in [-0.05, 0) is 31.0 Å². The minimum atomic E-state index is -3.39. The molecular weight excluding hydrogens is 224 g/mol. The molecule has 1 saturated heterocycles. The SMILES string of the molecule is N#Cc1cccc(S(=O)(=O)N2CCCC2)c1. The molecule has 0 aliphatic carbocycles. The highest BCUT2D eigenvalue weighted by atomic mass is 32.2. The second kappa shape index (κ2) is 4.24. The van der Waals surface area contributed by atoms with Crippen LogP contribution < -0.4 is 0 Å². The van der Waals surface area contributed by atoms with Crippen LogP contribution in [0.2, 0.25) is 0 Å². The third kappa shape index (κ3) is 1.94. The summed E-state index contributed by atoms with van der Waals surface area (Å²) < 4.78 is 25.7. The number of hydrogen-bond donors (Lipinski definition) is 0. The summed E-state index contributed by atoms with van der Waals surface area (Å²) in [6, 6.07) is 8.11. The van der Waals surface area contributed by atoms with Crippen LogP contribution in [-0.4, -0.2) is 25.8 Å². The molecule has 5 heteroatoms. The number of benzene rings is 1. The summed E-state index contributed by atoms with van der Waals surface area (Å²) in [6.07, 6.45) is 1.83. The molecule has 1 heterocycles. The van der Waals surface area contributed by atoms with Gasteiger partial charge < -0.3 is 0 Å². The Labute approximate surface area is 95.2 Å². The molecular formula is C11H12N2O2S. The van der Waals surface area contributed by atoms with E-state index >= 15 is 0 Å². The number of sulfonamides is 1. The summed E-state index contributed by atoms with van der Waals surface area (Å²) in [5.41, 5.74) is 0.375. The van der Waals surface area contributed by atoms with E-state index in [-0.39, 0.29) is 4.90 Å². The van der Waals surface area contributed by atoms with E-state index in [4.69, 9.17) is 5.26 Å². The summed E-state index contributed by atoms with van der Waals surface area (Å²) in [5.74, 6) is 0. The Balaban J connectivity index is 2.39. The third-order valence-electron chi connectivity index (χ3n) is 2.67. The normalized spacial score (nSPS) is 17.2. The lowest BCUT2D eigenvalue weighted by molar-refractivity contribution is 0.477. The molecule has 0 unspecified atom stereocenters. The Bertz CT molecular complexity index is 525. The van der Waals surface area contributed by atoms with Crippen molar-refractivity contribution in [3.05, 3.63) is 29.8 Å². The minimum absolute atomic E-state index is 0.216. The minimum Gasteiger partial charge on any atom is -0.207 e. The van der Waals surface area contributed by atoms with E-state index in [0.717, 1.165) is 12.8 Å². The Morgan fingerprint density at radius 3 is 2.56 bits per heavy atom. The number of nitrogens with zero attached hydrogens (tertiary/aromatic N) is 2. The van der Waals surface area contributed by atoms with Crippen molar-refractivity contribution in [3.8, 4) is 6.07 Å². The van der Waals surface area contributed by atoms with E-state index < -0.39 is 10.0 Å². The largest absolute Gasteiger partial charge is 0.243 e. The van der Waals surface area contributed by atoms with Gasteiger partial charge in [0, 0.05) is 13.1 Å². The summed E-state index contributed by atoms with van der Waals surface area (Å²) in [6.45, 7) is 1.16. The van der Waals surface area contributed by atoms with Crippen LogP contribution >= 0.6 is 0 Å². The van der Waals surface area contributed by atoms with E-state index in [1.54, 1.807) is 12.1 Å². The Hall–Kier alpha value is -1.38. The molecule has 1 aliphatic heterocycles. The van der Waals surface area contributed by atoms with Crippen LogP contribution in [0, 0.1) is 11.3 Å². The standard InChI is InChI=1S/C11H12N2O2S/c12-9-10-4-3-5-11(8-10)16(14,15)13-6-1-2-7-13/h3-5,8H,1-2,6-7H2. The summed E-state index contributed by atoms with van der Waals surface area (Å²) in [7, 11) is -3.39. The van der Waals surface area contributed by atoms with Gasteiger partial charge in [-0.25, -0.2) is 8.42 Å². The lowest BCUT2D eigenvalue weighted by atomic mass is 10.2. The molecule has 0 saturated carbocycles.